The topological polar surface area (TPSA) is 155 Å². The molecule has 11 heteroatoms. The number of aliphatic hydroxyl groups excluding tert-OH is 1. The van der Waals surface area contributed by atoms with Gasteiger partial charge in [0.15, 0.2) is 23.3 Å². The first-order valence-corrected chi connectivity index (χ1v) is 18.4. The lowest BCUT2D eigenvalue weighted by Crippen LogP contribution is -2.80. The number of esters is 2. The van der Waals surface area contributed by atoms with Crippen molar-refractivity contribution in [1.82, 2.24) is 0 Å². The molecule has 2 N–H and O–H groups in total. The minimum atomic E-state index is -1.89. The first-order chi connectivity index (χ1) is 25.0. The number of ketones is 2. The quantitative estimate of drug-likeness (QED) is 0.197. The van der Waals surface area contributed by atoms with Crippen molar-refractivity contribution in [1.29, 1.82) is 0 Å². The number of rotatable bonds is 10. The highest BCUT2D eigenvalue weighted by Gasteiger charge is 2.77. The van der Waals surface area contributed by atoms with Crippen LogP contribution in [0.1, 0.15) is 82.6 Å². The lowest BCUT2D eigenvalue weighted by molar-refractivity contribution is -0.341. The maximum atomic E-state index is 15.4. The number of carbonyl (C=O) groups is 4. The van der Waals surface area contributed by atoms with E-state index in [9.17, 15) is 24.6 Å². The Morgan fingerprint density at radius 2 is 1.60 bits per heavy atom. The van der Waals surface area contributed by atoms with Gasteiger partial charge in [-0.1, -0.05) is 81.4 Å². The van der Waals surface area contributed by atoms with Crippen LogP contribution in [-0.2, 0) is 38.1 Å². The van der Waals surface area contributed by atoms with Crippen LogP contribution in [0.2, 0.25) is 0 Å². The second-order valence-electron chi connectivity index (χ2n) is 16.1. The van der Waals surface area contributed by atoms with Crippen molar-refractivity contribution < 1.29 is 53.1 Å². The molecule has 0 spiro atoms. The Labute approximate surface area is 311 Å². The van der Waals surface area contributed by atoms with Crippen molar-refractivity contribution in [3.63, 3.8) is 0 Å². The van der Waals surface area contributed by atoms with E-state index in [1.165, 1.54) is 21.1 Å². The molecule has 0 amide bonds. The number of hydrogen-bond acceptors (Lipinski definition) is 11. The van der Waals surface area contributed by atoms with E-state index in [1.807, 2.05) is 44.2 Å². The van der Waals surface area contributed by atoms with E-state index >= 15 is 4.79 Å². The number of benzene rings is 2. The van der Waals surface area contributed by atoms with Crippen molar-refractivity contribution >= 4 is 23.5 Å². The van der Waals surface area contributed by atoms with Gasteiger partial charge in [0.05, 0.1) is 23.7 Å². The van der Waals surface area contributed by atoms with Crippen molar-refractivity contribution in [2.75, 3.05) is 20.8 Å². The molecular formula is C42H52O11. The summed E-state index contributed by atoms with van der Waals surface area (Å²) in [5.41, 5.74) is -3.94. The molecule has 4 aliphatic rings. The fourth-order valence-corrected chi connectivity index (χ4v) is 10.3. The Morgan fingerprint density at radius 3 is 2.15 bits per heavy atom. The Balaban J connectivity index is 1.56. The van der Waals surface area contributed by atoms with Gasteiger partial charge < -0.3 is 33.9 Å². The lowest BCUT2D eigenvalue weighted by Gasteiger charge is -2.68. The van der Waals surface area contributed by atoms with E-state index in [1.54, 1.807) is 51.1 Å². The molecule has 0 aromatic heterocycles. The molecule has 2 unspecified atom stereocenters. The predicted octanol–water partition coefficient (Wildman–Crippen LogP) is 4.77. The van der Waals surface area contributed by atoms with Crippen LogP contribution in [0.15, 0.2) is 71.8 Å². The van der Waals surface area contributed by atoms with E-state index in [4.69, 9.17) is 23.7 Å². The van der Waals surface area contributed by atoms with Gasteiger partial charge >= 0.3 is 11.9 Å². The van der Waals surface area contributed by atoms with Gasteiger partial charge in [0.25, 0.3) is 0 Å². The smallest absolute Gasteiger partial charge is 0.336 e. The summed E-state index contributed by atoms with van der Waals surface area (Å²) in [7, 11) is 2.92. The van der Waals surface area contributed by atoms with Crippen LogP contribution in [0.4, 0.5) is 0 Å². The number of methoxy groups -OCH3 is 2. The summed E-state index contributed by atoms with van der Waals surface area (Å²) in [5.74, 6) is -4.85. The number of aliphatic hydroxyl groups is 2. The second-order valence-corrected chi connectivity index (χ2v) is 16.1. The maximum absolute atomic E-state index is 15.4. The van der Waals surface area contributed by atoms with Crippen LogP contribution in [0.25, 0.3) is 0 Å². The number of ether oxygens (including phenoxy) is 5. The van der Waals surface area contributed by atoms with Crippen molar-refractivity contribution in [2.24, 2.45) is 22.7 Å². The van der Waals surface area contributed by atoms with Crippen LogP contribution < -0.4 is 0 Å². The van der Waals surface area contributed by atoms with Gasteiger partial charge in [0, 0.05) is 69.1 Å². The summed E-state index contributed by atoms with van der Waals surface area (Å²) in [4.78, 5) is 56.6. The standard InChI is InChI=1S/C42H52O11/c1-23(26-15-11-9-12-16-26)34(45)38(47)52-30-21-42(48)28(19-29(44)27-17-13-10-14-18-27)36-40(6,37(46)35(50-8)33(24(30)2)39(42,4)5)31(49-7)20-32-41(36,22-51-32)53-25(3)43/h9-18,23,28,30-32,34-36,45,48H,19-22H2,1-8H3/t23-,28-,30-,31?,32+,34?,35+,36-,40+,41-,42+/m0/s1. The summed E-state index contributed by atoms with van der Waals surface area (Å²) in [6, 6.07) is 17.8. The molecule has 3 fully saturated rings. The molecule has 11 atom stereocenters. The molecule has 2 aromatic carbocycles. The summed E-state index contributed by atoms with van der Waals surface area (Å²) in [5, 5.41) is 24.9. The fraction of sp³-hybridized carbons (Fsp3) is 0.571. The molecule has 6 rings (SSSR count). The average Bonchev–Trinajstić information content (AvgIpc) is 3.13. The third-order valence-electron chi connectivity index (χ3n) is 13.2. The van der Waals surface area contributed by atoms with Crippen LogP contribution >= 0.6 is 0 Å². The second kappa shape index (κ2) is 14.2. The first kappa shape index (κ1) is 39.0. The highest BCUT2D eigenvalue weighted by atomic mass is 16.6. The zero-order valence-corrected chi connectivity index (χ0v) is 31.8. The first-order valence-electron chi connectivity index (χ1n) is 18.4. The van der Waals surface area contributed by atoms with Gasteiger partial charge in [-0.05, 0) is 30.6 Å². The molecular weight excluding hydrogens is 680 g/mol. The van der Waals surface area contributed by atoms with E-state index < -0.39 is 82.2 Å². The molecule has 286 valence electrons. The van der Waals surface area contributed by atoms with E-state index in [-0.39, 0.29) is 37.4 Å². The third-order valence-corrected chi connectivity index (χ3v) is 13.2. The highest BCUT2D eigenvalue weighted by Crippen LogP contribution is 2.66. The number of carbonyl (C=O) groups excluding carboxylic acids is 4. The van der Waals surface area contributed by atoms with Gasteiger partial charge in [0.2, 0.25) is 0 Å². The minimum Gasteiger partial charge on any atom is -0.456 e. The van der Waals surface area contributed by atoms with Gasteiger partial charge in [-0.25, -0.2) is 4.79 Å². The lowest BCUT2D eigenvalue weighted by atomic mass is 9.41. The molecule has 0 radical (unpaired) electrons. The third kappa shape index (κ3) is 5.99. The van der Waals surface area contributed by atoms with Crippen molar-refractivity contribution in [2.45, 2.75) is 108 Å². The molecule has 1 heterocycles. The zero-order valence-electron chi connectivity index (χ0n) is 31.8. The Morgan fingerprint density at radius 1 is 0.981 bits per heavy atom. The average molecular weight is 733 g/mol. The Hall–Kier alpha value is -3.74. The molecule has 1 saturated heterocycles. The summed E-state index contributed by atoms with van der Waals surface area (Å²) >= 11 is 0. The van der Waals surface area contributed by atoms with Crippen LogP contribution in [0, 0.1) is 22.7 Å². The summed E-state index contributed by atoms with van der Waals surface area (Å²) in [6.07, 6.45) is -5.56. The van der Waals surface area contributed by atoms with E-state index in [0.29, 0.717) is 16.7 Å². The number of hydrogen-bond donors (Lipinski definition) is 2. The largest absolute Gasteiger partial charge is 0.456 e. The minimum absolute atomic E-state index is 0.0604. The van der Waals surface area contributed by atoms with E-state index in [2.05, 4.69) is 0 Å². The molecule has 1 aliphatic heterocycles. The van der Waals surface area contributed by atoms with Gasteiger partial charge in [0.1, 0.15) is 18.3 Å². The molecule has 2 bridgehead atoms. The monoisotopic (exact) mass is 732 g/mol. The van der Waals surface area contributed by atoms with Crippen LogP contribution in [0.5, 0.6) is 0 Å². The Kier molecular flexibility index (Phi) is 10.4. The zero-order chi connectivity index (χ0) is 38.7. The van der Waals surface area contributed by atoms with Crippen molar-refractivity contribution in [3.05, 3.63) is 82.9 Å². The van der Waals surface area contributed by atoms with Crippen molar-refractivity contribution in [3.8, 4) is 0 Å². The van der Waals surface area contributed by atoms with Crippen LogP contribution in [-0.4, -0.2) is 96.3 Å². The molecule has 53 heavy (non-hydrogen) atoms. The van der Waals surface area contributed by atoms with Gasteiger partial charge in [-0.3, -0.25) is 14.4 Å². The summed E-state index contributed by atoms with van der Waals surface area (Å²) in [6.45, 7) is 10.1. The predicted molar refractivity (Wildman–Crippen MR) is 193 cm³/mol. The highest BCUT2D eigenvalue weighted by molar-refractivity contribution is 5.97. The molecule has 2 aromatic rings. The van der Waals surface area contributed by atoms with Gasteiger partial charge in [-0.2, -0.15) is 0 Å². The normalized spacial score (nSPS) is 35.7. The maximum Gasteiger partial charge on any atom is 0.336 e. The number of Topliss-reactive ketones (excluding diaryl/α,β-unsaturated/α-hetero) is 2. The van der Waals surface area contributed by atoms with Crippen LogP contribution in [0.3, 0.4) is 0 Å². The molecule has 11 nitrogen and oxygen atoms in total. The van der Waals surface area contributed by atoms with E-state index in [0.717, 1.165) is 5.56 Å². The molecule has 3 aliphatic carbocycles. The Bertz CT molecular complexity index is 1770. The molecule has 2 saturated carbocycles. The fourth-order valence-electron chi connectivity index (χ4n) is 10.3. The SMILES string of the molecule is COC1C[C@H]2OC[C@@]2(OC(C)=O)[C@H]2[C@H](CC(=O)c3ccccc3)[C@]3(O)C[C@H](OC(=O)C(O)[C@@H](C)c4ccccc4)C(C)=C([C@@H](OC)C(=O)[C@]12C)C3(C)C. The number of fused-ring (bicyclic) bond motifs is 5. The summed E-state index contributed by atoms with van der Waals surface area (Å²) < 4.78 is 30.6. The van der Waals surface area contributed by atoms with Gasteiger partial charge in [-0.15, -0.1) is 0 Å².